The van der Waals surface area contributed by atoms with Crippen LogP contribution in [-0.2, 0) is 11.2 Å². The number of H-pyrrole nitrogens is 1. The second-order valence-electron chi connectivity index (χ2n) is 7.75. The fourth-order valence-electron chi connectivity index (χ4n) is 4.04. The minimum absolute atomic E-state index is 0.00223. The Bertz CT molecular complexity index is 852. The van der Waals surface area contributed by atoms with E-state index in [1.807, 2.05) is 19.9 Å². The molecule has 3 unspecified atom stereocenters. The lowest BCUT2D eigenvalue weighted by atomic mass is 9.95. The Balaban J connectivity index is 1.51. The summed E-state index contributed by atoms with van der Waals surface area (Å²) in [5.41, 5.74) is 2.41. The molecule has 29 heavy (non-hydrogen) atoms. The van der Waals surface area contributed by atoms with Gasteiger partial charge in [-0.3, -0.25) is 19.9 Å². The smallest absolute Gasteiger partial charge is 0.404 e. The predicted octanol–water partition coefficient (Wildman–Crippen LogP) is 3.01. The molecule has 0 saturated heterocycles. The van der Waals surface area contributed by atoms with Crippen LogP contribution < -0.4 is 10.6 Å². The first-order valence-electron chi connectivity index (χ1n) is 10.0. The molecule has 2 amide bonds. The van der Waals surface area contributed by atoms with E-state index in [0.717, 1.165) is 43.5 Å². The van der Waals surface area contributed by atoms with Crippen LogP contribution in [0.15, 0.2) is 18.5 Å². The van der Waals surface area contributed by atoms with Crippen molar-refractivity contribution < 1.29 is 14.7 Å². The lowest BCUT2D eigenvalue weighted by molar-refractivity contribution is -0.115. The number of carboxylic acid groups (broad SMARTS) is 1. The van der Waals surface area contributed by atoms with Gasteiger partial charge >= 0.3 is 6.09 Å². The quantitative estimate of drug-likeness (QED) is 0.538. The molecule has 0 bridgehead atoms. The maximum absolute atomic E-state index is 12.2. The molecule has 1 aliphatic rings. The van der Waals surface area contributed by atoms with Gasteiger partial charge in [0, 0.05) is 36.1 Å². The molecule has 156 valence electrons. The van der Waals surface area contributed by atoms with E-state index in [1.54, 1.807) is 12.4 Å². The summed E-state index contributed by atoms with van der Waals surface area (Å²) in [4.78, 5) is 31.5. The van der Waals surface area contributed by atoms with Gasteiger partial charge in [-0.15, -0.1) is 0 Å². The molecule has 3 atom stereocenters. The van der Waals surface area contributed by atoms with Gasteiger partial charge in [-0.1, -0.05) is 6.92 Å². The summed E-state index contributed by atoms with van der Waals surface area (Å²) in [5, 5.41) is 21.6. The number of rotatable bonds is 8. The van der Waals surface area contributed by atoms with Crippen LogP contribution in [0.3, 0.4) is 0 Å². The van der Waals surface area contributed by atoms with E-state index in [1.165, 1.54) is 0 Å². The van der Waals surface area contributed by atoms with Gasteiger partial charge in [-0.25, -0.2) is 4.79 Å². The first kappa shape index (κ1) is 20.8. The van der Waals surface area contributed by atoms with Gasteiger partial charge in [0.1, 0.15) is 0 Å². The standard InChI is InChI=1S/C20H28N6O3/c1-3-15(23-20(28)29)7-13-4-5-14(6-13)17-9-18(26-25-17)24-19(27)8-16-11-21-10-12(2)22-16/h9-11,13-15,23H,3-8H2,1-2H3,(H,28,29)(H2,24,25,26,27). The van der Waals surface area contributed by atoms with E-state index in [-0.39, 0.29) is 18.4 Å². The zero-order chi connectivity index (χ0) is 20.8. The molecule has 0 aromatic carbocycles. The van der Waals surface area contributed by atoms with Crippen LogP contribution in [0.25, 0.3) is 0 Å². The molecule has 2 heterocycles. The maximum Gasteiger partial charge on any atom is 0.404 e. The van der Waals surface area contributed by atoms with Gasteiger partial charge in [-0.2, -0.15) is 5.10 Å². The van der Waals surface area contributed by atoms with E-state index in [4.69, 9.17) is 5.11 Å². The molecule has 2 aromatic rings. The highest BCUT2D eigenvalue weighted by atomic mass is 16.4. The topological polar surface area (TPSA) is 133 Å². The first-order valence-corrected chi connectivity index (χ1v) is 10.0. The number of aromatic nitrogens is 4. The van der Waals surface area contributed by atoms with Gasteiger partial charge in [-0.05, 0) is 44.9 Å². The molecule has 9 heteroatoms. The molecule has 3 rings (SSSR count). The largest absolute Gasteiger partial charge is 0.465 e. The summed E-state index contributed by atoms with van der Waals surface area (Å²) in [6.45, 7) is 3.84. The molecule has 1 fully saturated rings. The van der Waals surface area contributed by atoms with Crippen LogP contribution in [0, 0.1) is 12.8 Å². The maximum atomic E-state index is 12.2. The van der Waals surface area contributed by atoms with Crippen molar-refractivity contribution in [3.8, 4) is 0 Å². The Morgan fingerprint density at radius 1 is 1.34 bits per heavy atom. The Morgan fingerprint density at radius 3 is 2.90 bits per heavy atom. The van der Waals surface area contributed by atoms with Crippen molar-refractivity contribution in [1.29, 1.82) is 0 Å². The number of anilines is 1. The number of nitrogens with zero attached hydrogens (tertiary/aromatic N) is 3. The van der Waals surface area contributed by atoms with Crippen LogP contribution in [0.4, 0.5) is 10.6 Å². The van der Waals surface area contributed by atoms with E-state index >= 15 is 0 Å². The van der Waals surface area contributed by atoms with Crippen molar-refractivity contribution >= 4 is 17.8 Å². The van der Waals surface area contributed by atoms with Crippen LogP contribution in [0.1, 0.15) is 62.0 Å². The Morgan fingerprint density at radius 2 is 2.17 bits per heavy atom. The van der Waals surface area contributed by atoms with Gasteiger partial charge in [0.2, 0.25) is 5.91 Å². The van der Waals surface area contributed by atoms with Crippen LogP contribution in [0.5, 0.6) is 0 Å². The number of amides is 2. The van der Waals surface area contributed by atoms with Crippen molar-refractivity contribution in [3.05, 3.63) is 35.5 Å². The number of carbonyl (C=O) groups excluding carboxylic acids is 1. The highest BCUT2D eigenvalue weighted by molar-refractivity contribution is 5.91. The molecular weight excluding hydrogens is 372 g/mol. The second kappa shape index (κ2) is 9.49. The Labute approximate surface area is 169 Å². The van der Waals surface area contributed by atoms with Crippen LogP contribution in [0.2, 0.25) is 0 Å². The monoisotopic (exact) mass is 400 g/mol. The summed E-state index contributed by atoms with van der Waals surface area (Å²) >= 11 is 0. The molecule has 0 radical (unpaired) electrons. The van der Waals surface area contributed by atoms with Gasteiger partial charge in [0.15, 0.2) is 5.82 Å². The van der Waals surface area contributed by atoms with Crippen molar-refractivity contribution in [2.24, 2.45) is 5.92 Å². The number of hydrogen-bond acceptors (Lipinski definition) is 5. The zero-order valence-electron chi connectivity index (χ0n) is 16.8. The third-order valence-electron chi connectivity index (χ3n) is 5.43. The number of aromatic amines is 1. The fourth-order valence-corrected chi connectivity index (χ4v) is 4.04. The summed E-state index contributed by atoms with van der Waals surface area (Å²) in [7, 11) is 0. The SMILES string of the molecule is CCC(CC1CCC(c2cc(NC(=O)Cc3cncc(C)n3)n[nH]2)C1)NC(=O)O. The minimum Gasteiger partial charge on any atom is -0.465 e. The van der Waals surface area contributed by atoms with Crippen molar-refractivity contribution in [1.82, 2.24) is 25.5 Å². The molecule has 2 aromatic heterocycles. The summed E-state index contributed by atoms with van der Waals surface area (Å²) in [6, 6.07) is 1.89. The van der Waals surface area contributed by atoms with E-state index in [0.29, 0.717) is 23.3 Å². The van der Waals surface area contributed by atoms with Gasteiger partial charge in [0.05, 0.1) is 17.8 Å². The summed E-state index contributed by atoms with van der Waals surface area (Å²) in [6.07, 6.45) is 7.16. The highest BCUT2D eigenvalue weighted by Gasteiger charge is 2.29. The molecular formula is C20H28N6O3. The third kappa shape index (κ3) is 6.00. The second-order valence-corrected chi connectivity index (χ2v) is 7.75. The van der Waals surface area contributed by atoms with E-state index in [2.05, 4.69) is 30.8 Å². The normalized spacial score (nSPS) is 19.7. The lowest BCUT2D eigenvalue weighted by Gasteiger charge is -2.19. The predicted molar refractivity (Wildman–Crippen MR) is 108 cm³/mol. The number of carbonyl (C=O) groups is 2. The Hall–Kier alpha value is -2.97. The minimum atomic E-state index is -0.961. The van der Waals surface area contributed by atoms with Crippen LogP contribution >= 0.6 is 0 Å². The van der Waals surface area contributed by atoms with Gasteiger partial charge in [0.25, 0.3) is 0 Å². The average Bonchev–Trinajstić information content (AvgIpc) is 3.30. The van der Waals surface area contributed by atoms with Crippen LogP contribution in [-0.4, -0.2) is 43.3 Å². The number of nitrogens with one attached hydrogen (secondary N) is 3. The highest BCUT2D eigenvalue weighted by Crippen LogP contribution is 2.40. The summed E-state index contributed by atoms with van der Waals surface area (Å²) in [5.74, 6) is 1.16. The molecule has 0 spiro atoms. The molecule has 4 N–H and O–H groups in total. The zero-order valence-corrected chi connectivity index (χ0v) is 16.8. The first-order chi connectivity index (χ1) is 13.9. The molecule has 1 saturated carbocycles. The molecule has 9 nitrogen and oxygen atoms in total. The number of hydrogen-bond donors (Lipinski definition) is 4. The van der Waals surface area contributed by atoms with Crippen molar-refractivity contribution in [2.45, 2.75) is 64.3 Å². The van der Waals surface area contributed by atoms with Crippen molar-refractivity contribution in [2.75, 3.05) is 5.32 Å². The average molecular weight is 400 g/mol. The molecule has 0 aliphatic heterocycles. The Kier molecular flexibility index (Phi) is 6.79. The van der Waals surface area contributed by atoms with E-state index < -0.39 is 6.09 Å². The van der Waals surface area contributed by atoms with Crippen molar-refractivity contribution in [3.63, 3.8) is 0 Å². The third-order valence-corrected chi connectivity index (χ3v) is 5.43. The lowest BCUT2D eigenvalue weighted by Crippen LogP contribution is -2.34. The summed E-state index contributed by atoms with van der Waals surface area (Å²) < 4.78 is 0. The number of aryl methyl sites for hydroxylation is 1. The molecule has 1 aliphatic carbocycles. The van der Waals surface area contributed by atoms with E-state index in [9.17, 15) is 9.59 Å². The van der Waals surface area contributed by atoms with Gasteiger partial charge < -0.3 is 15.7 Å². The fraction of sp³-hybridized carbons (Fsp3) is 0.550.